The Labute approximate surface area is 147 Å². The van der Waals surface area contributed by atoms with Gasteiger partial charge in [0.1, 0.15) is 5.76 Å². The molecule has 2 aromatic rings. The molecule has 0 saturated heterocycles. The van der Waals surface area contributed by atoms with Crippen LogP contribution in [0.15, 0.2) is 41.0 Å². The fraction of sp³-hybridized carbons (Fsp3) is 0.316. The second-order valence-corrected chi connectivity index (χ2v) is 5.43. The zero-order valence-corrected chi connectivity index (χ0v) is 15.1. The predicted molar refractivity (Wildman–Crippen MR) is 95.0 cm³/mol. The van der Waals surface area contributed by atoms with Crippen molar-refractivity contribution >= 4 is 12.0 Å². The van der Waals surface area contributed by atoms with Crippen molar-refractivity contribution in [1.82, 2.24) is 4.90 Å². The number of carbonyl (C=O) groups is 1. The van der Waals surface area contributed by atoms with Crippen molar-refractivity contribution in [3.8, 4) is 17.2 Å². The van der Waals surface area contributed by atoms with E-state index in [9.17, 15) is 4.79 Å². The van der Waals surface area contributed by atoms with Gasteiger partial charge in [0.2, 0.25) is 11.7 Å². The standard InChI is InChI=1S/C19H23NO5/c1-13(15-7-6-10-25-15)20(2)18(21)9-8-14-11-16(22-3)19(24-5)17(12-14)23-4/h6-13H,1-5H3/b9-8+. The van der Waals surface area contributed by atoms with Crippen molar-refractivity contribution in [2.75, 3.05) is 28.4 Å². The van der Waals surface area contributed by atoms with Crippen LogP contribution in [0.3, 0.4) is 0 Å². The van der Waals surface area contributed by atoms with E-state index in [4.69, 9.17) is 18.6 Å². The maximum absolute atomic E-state index is 12.4. The maximum atomic E-state index is 12.4. The summed E-state index contributed by atoms with van der Waals surface area (Å²) in [6, 6.07) is 7.04. The van der Waals surface area contributed by atoms with Gasteiger partial charge in [-0.1, -0.05) is 0 Å². The lowest BCUT2D eigenvalue weighted by Gasteiger charge is -2.21. The van der Waals surface area contributed by atoms with Crippen LogP contribution in [0.5, 0.6) is 17.2 Å². The van der Waals surface area contributed by atoms with Crippen LogP contribution in [0.1, 0.15) is 24.3 Å². The number of likely N-dealkylation sites (N-methyl/N-ethyl adjacent to an activating group) is 1. The summed E-state index contributed by atoms with van der Waals surface area (Å²) >= 11 is 0. The Bertz CT molecular complexity index is 711. The molecule has 2 rings (SSSR count). The van der Waals surface area contributed by atoms with Gasteiger partial charge in [-0.25, -0.2) is 0 Å². The van der Waals surface area contributed by atoms with Gasteiger partial charge < -0.3 is 23.5 Å². The molecule has 1 amide bonds. The van der Waals surface area contributed by atoms with E-state index < -0.39 is 0 Å². The molecule has 0 aliphatic carbocycles. The van der Waals surface area contributed by atoms with Crippen LogP contribution in [-0.4, -0.2) is 39.2 Å². The summed E-state index contributed by atoms with van der Waals surface area (Å²) in [6.45, 7) is 1.91. The monoisotopic (exact) mass is 345 g/mol. The van der Waals surface area contributed by atoms with Crippen LogP contribution >= 0.6 is 0 Å². The number of hydrogen-bond donors (Lipinski definition) is 0. The van der Waals surface area contributed by atoms with E-state index in [2.05, 4.69) is 0 Å². The molecule has 1 heterocycles. The van der Waals surface area contributed by atoms with Crippen molar-refractivity contribution in [2.24, 2.45) is 0 Å². The smallest absolute Gasteiger partial charge is 0.246 e. The molecule has 0 spiro atoms. The molecular weight excluding hydrogens is 322 g/mol. The van der Waals surface area contributed by atoms with Crippen molar-refractivity contribution in [3.63, 3.8) is 0 Å². The molecule has 1 aromatic heterocycles. The third-order valence-corrected chi connectivity index (χ3v) is 3.99. The fourth-order valence-corrected chi connectivity index (χ4v) is 2.39. The number of nitrogens with zero attached hydrogens (tertiary/aromatic N) is 1. The fourth-order valence-electron chi connectivity index (χ4n) is 2.39. The number of methoxy groups -OCH3 is 3. The van der Waals surface area contributed by atoms with Crippen LogP contribution in [0.25, 0.3) is 6.08 Å². The minimum atomic E-state index is -0.160. The number of rotatable bonds is 7. The zero-order chi connectivity index (χ0) is 18.4. The summed E-state index contributed by atoms with van der Waals surface area (Å²) in [5, 5.41) is 0. The van der Waals surface area contributed by atoms with Gasteiger partial charge in [-0.3, -0.25) is 4.79 Å². The largest absolute Gasteiger partial charge is 0.493 e. The van der Waals surface area contributed by atoms with Crippen LogP contribution in [-0.2, 0) is 4.79 Å². The van der Waals surface area contributed by atoms with E-state index in [-0.39, 0.29) is 11.9 Å². The second kappa shape index (κ2) is 8.28. The maximum Gasteiger partial charge on any atom is 0.246 e. The molecule has 1 atom stereocenters. The van der Waals surface area contributed by atoms with Crippen molar-refractivity contribution < 1.29 is 23.4 Å². The van der Waals surface area contributed by atoms with Crippen molar-refractivity contribution in [1.29, 1.82) is 0 Å². The van der Waals surface area contributed by atoms with Gasteiger partial charge in [-0.2, -0.15) is 0 Å². The van der Waals surface area contributed by atoms with Gasteiger partial charge in [0.25, 0.3) is 0 Å². The number of hydrogen-bond acceptors (Lipinski definition) is 5. The van der Waals surface area contributed by atoms with Crippen LogP contribution in [0, 0.1) is 0 Å². The molecule has 0 aliphatic heterocycles. The molecule has 0 aliphatic rings. The molecule has 1 unspecified atom stereocenters. The third-order valence-electron chi connectivity index (χ3n) is 3.99. The van der Waals surface area contributed by atoms with E-state index in [1.54, 1.807) is 63.8 Å². The van der Waals surface area contributed by atoms with E-state index in [0.29, 0.717) is 17.2 Å². The normalized spacial score (nSPS) is 12.0. The number of furan rings is 1. The highest BCUT2D eigenvalue weighted by Crippen LogP contribution is 2.38. The quantitative estimate of drug-likeness (QED) is 0.718. The first kappa shape index (κ1) is 18.4. The summed E-state index contributed by atoms with van der Waals surface area (Å²) in [5.74, 6) is 2.17. The molecule has 1 aromatic carbocycles. The molecule has 6 heteroatoms. The van der Waals surface area contributed by atoms with Gasteiger partial charge in [-0.15, -0.1) is 0 Å². The molecule has 0 radical (unpaired) electrons. The summed E-state index contributed by atoms with van der Waals surface area (Å²) in [5.41, 5.74) is 0.766. The van der Waals surface area contributed by atoms with Gasteiger partial charge >= 0.3 is 0 Å². The summed E-state index contributed by atoms with van der Waals surface area (Å²) < 4.78 is 21.3. The molecule has 25 heavy (non-hydrogen) atoms. The number of carbonyl (C=O) groups excluding carboxylic acids is 1. The summed E-state index contributed by atoms with van der Waals surface area (Å²) in [4.78, 5) is 14.0. The molecular formula is C19H23NO5. The minimum Gasteiger partial charge on any atom is -0.493 e. The van der Waals surface area contributed by atoms with Crippen LogP contribution in [0.4, 0.5) is 0 Å². The Morgan fingerprint density at radius 2 is 1.80 bits per heavy atom. The van der Waals surface area contributed by atoms with Crippen LogP contribution < -0.4 is 14.2 Å². The Morgan fingerprint density at radius 1 is 1.16 bits per heavy atom. The highest BCUT2D eigenvalue weighted by Gasteiger charge is 2.18. The number of amides is 1. The van der Waals surface area contributed by atoms with E-state index in [0.717, 1.165) is 11.3 Å². The van der Waals surface area contributed by atoms with E-state index in [1.165, 1.54) is 6.08 Å². The average Bonchev–Trinajstić information content (AvgIpc) is 3.18. The van der Waals surface area contributed by atoms with Gasteiger partial charge in [-0.05, 0) is 42.8 Å². The highest BCUT2D eigenvalue weighted by atomic mass is 16.5. The predicted octanol–water partition coefficient (Wildman–Crippen LogP) is 3.54. The summed E-state index contributed by atoms with van der Waals surface area (Å²) in [7, 11) is 6.38. The third kappa shape index (κ3) is 4.15. The summed E-state index contributed by atoms with van der Waals surface area (Å²) in [6.07, 6.45) is 4.80. The Kier molecular flexibility index (Phi) is 6.11. The van der Waals surface area contributed by atoms with Gasteiger partial charge in [0.05, 0.1) is 33.6 Å². The molecule has 0 saturated carbocycles. The molecule has 0 N–H and O–H groups in total. The first-order chi connectivity index (χ1) is 12.0. The molecule has 6 nitrogen and oxygen atoms in total. The first-order valence-electron chi connectivity index (χ1n) is 7.80. The average molecular weight is 345 g/mol. The Morgan fingerprint density at radius 3 is 2.28 bits per heavy atom. The molecule has 0 fully saturated rings. The van der Waals surface area contributed by atoms with Gasteiger partial charge in [0.15, 0.2) is 11.5 Å². The topological polar surface area (TPSA) is 61.1 Å². The highest BCUT2D eigenvalue weighted by molar-refractivity contribution is 5.92. The number of ether oxygens (including phenoxy) is 3. The lowest BCUT2D eigenvalue weighted by Crippen LogP contribution is -2.27. The Balaban J connectivity index is 2.19. The van der Waals surface area contributed by atoms with Gasteiger partial charge in [0, 0.05) is 13.1 Å². The van der Waals surface area contributed by atoms with Crippen molar-refractivity contribution in [3.05, 3.63) is 47.9 Å². The van der Waals surface area contributed by atoms with Crippen LogP contribution in [0.2, 0.25) is 0 Å². The molecule has 0 bridgehead atoms. The Hall–Kier alpha value is -2.89. The first-order valence-corrected chi connectivity index (χ1v) is 7.80. The van der Waals surface area contributed by atoms with E-state index >= 15 is 0 Å². The lowest BCUT2D eigenvalue weighted by molar-refractivity contribution is -0.126. The minimum absolute atomic E-state index is 0.141. The van der Waals surface area contributed by atoms with Crippen molar-refractivity contribution in [2.45, 2.75) is 13.0 Å². The lowest BCUT2D eigenvalue weighted by atomic mass is 10.1. The number of benzene rings is 1. The second-order valence-electron chi connectivity index (χ2n) is 5.43. The zero-order valence-electron chi connectivity index (χ0n) is 15.1. The SMILES string of the molecule is COc1cc(/C=C/C(=O)N(C)C(C)c2ccco2)cc(OC)c1OC. The molecule has 134 valence electrons. The van der Waals surface area contributed by atoms with E-state index in [1.807, 2.05) is 13.0 Å².